The predicted octanol–water partition coefficient (Wildman–Crippen LogP) is 2.63. The number of hydrogen-bond acceptors (Lipinski definition) is 3. The SMILES string of the molecule is O=C(NC[C@H]1CCN(CCc2ccccc2)C1)c1cnn2ccccc12. The molecule has 0 saturated carbocycles. The molecule has 5 nitrogen and oxygen atoms in total. The molecule has 1 fully saturated rings. The number of aromatic nitrogens is 2. The molecule has 3 heterocycles. The Morgan fingerprint density at radius 3 is 2.88 bits per heavy atom. The Morgan fingerprint density at radius 2 is 2.00 bits per heavy atom. The molecule has 1 aromatic carbocycles. The second-order valence-electron chi connectivity index (χ2n) is 6.99. The van der Waals surface area contributed by atoms with Crippen molar-refractivity contribution in [1.29, 1.82) is 0 Å². The van der Waals surface area contributed by atoms with E-state index in [9.17, 15) is 4.79 Å². The normalized spacial score (nSPS) is 17.6. The quantitative estimate of drug-likeness (QED) is 0.745. The molecule has 0 unspecified atom stereocenters. The van der Waals surface area contributed by atoms with E-state index >= 15 is 0 Å². The highest BCUT2D eigenvalue weighted by atomic mass is 16.1. The molecule has 1 saturated heterocycles. The van der Waals surface area contributed by atoms with E-state index in [1.165, 1.54) is 5.56 Å². The predicted molar refractivity (Wildman–Crippen MR) is 102 cm³/mol. The summed E-state index contributed by atoms with van der Waals surface area (Å²) in [6.07, 6.45) is 5.73. The van der Waals surface area contributed by atoms with Gasteiger partial charge in [-0.3, -0.25) is 4.79 Å². The van der Waals surface area contributed by atoms with Crippen LogP contribution in [-0.4, -0.2) is 46.6 Å². The smallest absolute Gasteiger partial charge is 0.255 e. The van der Waals surface area contributed by atoms with Crippen LogP contribution in [0.1, 0.15) is 22.3 Å². The van der Waals surface area contributed by atoms with Crippen molar-refractivity contribution in [3.63, 3.8) is 0 Å². The van der Waals surface area contributed by atoms with Gasteiger partial charge >= 0.3 is 0 Å². The van der Waals surface area contributed by atoms with Gasteiger partial charge in [-0.2, -0.15) is 5.10 Å². The van der Waals surface area contributed by atoms with Crippen LogP contribution in [0.4, 0.5) is 0 Å². The lowest BCUT2D eigenvalue weighted by Crippen LogP contribution is -2.31. The fraction of sp³-hybridized carbons (Fsp3) is 0.333. The average Bonchev–Trinajstić information content (AvgIpc) is 3.32. The zero-order valence-corrected chi connectivity index (χ0v) is 14.8. The van der Waals surface area contributed by atoms with E-state index in [-0.39, 0.29) is 5.91 Å². The first-order chi connectivity index (χ1) is 12.8. The van der Waals surface area contributed by atoms with Crippen LogP contribution < -0.4 is 5.32 Å². The van der Waals surface area contributed by atoms with E-state index in [0.29, 0.717) is 11.5 Å². The van der Waals surface area contributed by atoms with Gasteiger partial charge in [0.1, 0.15) is 0 Å². The fourth-order valence-electron chi connectivity index (χ4n) is 3.66. The van der Waals surface area contributed by atoms with Gasteiger partial charge in [0.05, 0.1) is 17.3 Å². The highest BCUT2D eigenvalue weighted by Gasteiger charge is 2.23. The van der Waals surface area contributed by atoms with Gasteiger partial charge in [-0.15, -0.1) is 0 Å². The van der Waals surface area contributed by atoms with Crippen LogP contribution in [-0.2, 0) is 6.42 Å². The number of nitrogens with one attached hydrogen (secondary N) is 1. The average molecular weight is 348 g/mol. The third kappa shape index (κ3) is 3.78. The van der Waals surface area contributed by atoms with Crippen LogP contribution in [0.15, 0.2) is 60.9 Å². The molecule has 1 amide bonds. The van der Waals surface area contributed by atoms with Crippen molar-refractivity contribution in [2.45, 2.75) is 12.8 Å². The minimum absolute atomic E-state index is 0.0334. The Kier molecular flexibility index (Phi) is 4.97. The standard InChI is InChI=1S/C21H24N4O/c26-21(19-15-23-25-11-5-4-8-20(19)25)22-14-18-10-13-24(16-18)12-9-17-6-2-1-3-7-17/h1-8,11,15,18H,9-10,12-14,16H2,(H,22,26)/t18-/m1/s1. The van der Waals surface area contributed by atoms with Gasteiger partial charge in [0.25, 0.3) is 5.91 Å². The van der Waals surface area contributed by atoms with Crippen molar-refractivity contribution in [2.75, 3.05) is 26.2 Å². The van der Waals surface area contributed by atoms with E-state index in [1.54, 1.807) is 10.7 Å². The number of carbonyl (C=O) groups excluding carboxylic acids is 1. The summed E-state index contributed by atoms with van der Waals surface area (Å²) in [6.45, 7) is 3.99. The summed E-state index contributed by atoms with van der Waals surface area (Å²) in [5.74, 6) is 0.491. The largest absolute Gasteiger partial charge is 0.352 e. The van der Waals surface area contributed by atoms with Crippen LogP contribution in [0.5, 0.6) is 0 Å². The van der Waals surface area contributed by atoms with Crippen LogP contribution in [0.25, 0.3) is 5.52 Å². The number of nitrogens with zero attached hydrogens (tertiary/aromatic N) is 3. The first kappa shape index (κ1) is 16.8. The zero-order chi connectivity index (χ0) is 17.8. The lowest BCUT2D eigenvalue weighted by molar-refractivity contribution is 0.0949. The van der Waals surface area contributed by atoms with E-state index in [4.69, 9.17) is 0 Å². The maximum atomic E-state index is 12.5. The molecule has 26 heavy (non-hydrogen) atoms. The van der Waals surface area contributed by atoms with Gasteiger partial charge in [0.15, 0.2) is 0 Å². The maximum absolute atomic E-state index is 12.5. The summed E-state index contributed by atoms with van der Waals surface area (Å²) in [5.41, 5.74) is 2.88. The van der Waals surface area contributed by atoms with Gasteiger partial charge in [-0.1, -0.05) is 36.4 Å². The minimum Gasteiger partial charge on any atom is -0.352 e. The first-order valence-electron chi connectivity index (χ1n) is 9.26. The van der Waals surface area contributed by atoms with Crippen LogP contribution in [0.3, 0.4) is 0 Å². The number of pyridine rings is 1. The van der Waals surface area contributed by atoms with E-state index < -0.39 is 0 Å². The fourth-order valence-corrected chi connectivity index (χ4v) is 3.66. The van der Waals surface area contributed by atoms with Crippen molar-refractivity contribution in [2.24, 2.45) is 5.92 Å². The highest BCUT2D eigenvalue weighted by Crippen LogP contribution is 2.17. The minimum atomic E-state index is -0.0334. The third-order valence-electron chi connectivity index (χ3n) is 5.15. The molecule has 134 valence electrons. The first-order valence-corrected chi connectivity index (χ1v) is 9.26. The summed E-state index contributed by atoms with van der Waals surface area (Å²) in [4.78, 5) is 15.0. The second kappa shape index (κ2) is 7.70. The van der Waals surface area contributed by atoms with Gasteiger partial charge in [0.2, 0.25) is 0 Å². The molecule has 2 aromatic heterocycles. The summed E-state index contributed by atoms with van der Waals surface area (Å²) >= 11 is 0. The van der Waals surface area contributed by atoms with E-state index in [1.807, 2.05) is 24.4 Å². The molecule has 0 bridgehead atoms. The molecule has 1 aliphatic heterocycles. The molecular weight excluding hydrogens is 324 g/mol. The Bertz CT molecular complexity index is 874. The summed E-state index contributed by atoms with van der Waals surface area (Å²) in [6, 6.07) is 16.4. The molecular formula is C21H24N4O. The molecule has 4 rings (SSSR count). The molecule has 1 aliphatic rings. The highest BCUT2D eigenvalue weighted by molar-refractivity contribution is 6.00. The van der Waals surface area contributed by atoms with E-state index in [0.717, 1.165) is 44.5 Å². The van der Waals surface area contributed by atoms with Crippen LogP contribution >= 0.6 is 0 Å². The monoisotopic (exact) mass is 348 g/mol. The summed E-state index contributed by atoms with van der Waals surface area (Å²) < 4.78 is 1.73. The second-order valence-corrected chi connectivity index (χ2v) is 6.99. The van der Waals surface area contributed by atoms with Crippen LogP contribution in [0.2, 0.25) is 0 Å². The number of fused-ring (bicyclic) bond motifs is 1. The van der Waals surface area contributed by atoms with Crippen molar-refractivity contribution in [1.82, 2.24) is 19.8 Å². The molecule has 0 aliphatic carbocycles. The molecule has 0 spiro atoms. The van der Waals surface area contributed by atoms with Crippen molar-refractivity contribution in [3.8, 4) is 0 Å². The molecule has 0 radical (unpaired) electrons. The molecule has 5 heteroatoms. The Morgan fingerprint density at radius 1 is 1.15 bits per heavy atom. The van der Waals surface area contributed by atoms with Crippen molar-refractivity contribution >= 4 is 11.4 Å². The van der Waals surface area contributed by atoms with Gasteiger partial charge < -0.3 is 10.2 Å². The number of amides is 1. The molecule has 3 aromatic rings. The Labute approximate surface area is 153 Å². The topological polar surface area (TPSA) is 49.6 Å². The van der Waals surface area contributed by atoms with Gasteiger partial charge in [0, 0.05) is 25.8 Å². The number of likely N-dealkylation sites (tertiary alicyclic amines) is 1. The van der Waals surface area contributed by atoms with Crippen LogP contribution in [0, 0.1) is 5.92 Å². The summed E-state index contributed by atoms with van der Waals surface area (Å²) in [5, 5.41) is 7.33. The van der Waals surface area contributed by atoms with Crippen molar-refractivity contribution in [3.05, 3.63) is 72.1 Å². The Hall–Kier alpha value is -2.66. The number of benzene rings is 1. The number of rotatable bonds is 6. The summed E-state index contributed by atoms with van der Waals surface area (Å²) in [7, 11) is 0. The van der Waals surface area contributed by atoms with E-state index in [2.05, 4.69) is 45.6 Å². The maximum Gasteiger partial charge on any atom is 0.255 e. The zero-order valence-electron chi connectivity index (χ0n) is 14.8. The number of carbonyl (C=O) groups is 1. The lowest BCUT2D eigenvalue weighted by atomic mass is 10.1. The van der Waals surface area contributed by atoms with Crippen molar-refractivity contribution < 1.29 is 4.79 Å². The number of hydrogen-bond donors (Lipinski definition) is 1. The Balaban J connectivity index is 1.26. The van der Waals surface area contributed by atoms with Gasteiger partial charge in [-0.05, 0) is 43.0 Å². The third-order valence-corrected chi connectivity index (χ3v) is 5.15. The molecule has 1 atom stereocenters. The lowest BCUT2D eigenvalue weighted by Gasteiger charge is -2.16. The van der Waals surface area contributed by atoms with Gasteiger partial charge in [-0.25, -0.2) is 4.52 Å². The molecule has 1 N–H and O–H groups in total.